The molecule has 3 rings (SSSR count). The van der Waals surface area contributed by atoms with Crippen LogP contribution in [0.1, 0.15) is 24.5 Å². The molecule has 0 atom stereocenters. The molecule has 0 unspecified atom stereocenters. The second-order valence-electron chi connectivity index (χ2n) is 4.68. The lowest BCUT2D eigenvalue weighted by atomic mass is 9.95. The quantitative estimate of drug-likeness (QED) is 0.895. The van der Waals surface area contributed by atoms with E-state index in [0.717, 1.165) is 38.3 Å². The van der Waals surface area contributed by atoms with Crippen molar-refractivity contribution in [2.24, 2.45) is 0 Å². The molecule has 1 aliphatic heterocycles. The summed E-state index contributed by atoms with van der Waals surface area (Å²) in [6.07, 6.45) is 3.83. The molecule has 1 aromatic carbocycles. The zero-order valence-corrected chi connectivity index (χ0v) is 10.7. The van der Waals surface area contributed by atoms with Crippen molar-refractivity contribution in [2.45, 2.75) is 32.9 Å². The van der Waals surface area contributed by atoms with Crippen LogP contribution in [0.5, 0.6) is 0 Å². The van der Waals surface area contributed by atoms with Crippen LogP contribution in [0, 0.1) is 0 Å². The van der Waals surface area contributed by atoms with Crippen LogP contribution in [0.25, 0.3) is 11.4 Å². The van der Waals surface area contributed by atoms with E-state index in [0.29, 0.717) is 0 Å². The predicted octanol–water partition coefficient (Wildman–Crippen LogP) is 2.00. The lowest BCUT2D eigenvalue weighted by Gasteiger charge is -2.20. The van der Waals surface area contributed by atoms with E-state index in [4.69, 9.17) is 0 Å². The minimum absolute atomic E-state index is 0.923. The van der Waals surface area contributed by atoms with Crippen LogP contribution in [0.3, 0.4) is 0 Å². The van der Waals surface area contributed by atoms with E-state index in [1.165, 1.54) is 16.7 Å². The topological polar surface area (TPSA) is 42.7 Å². The van der Waals surface area contributed by atoms with Crippen molar-refractivity contribution >= 4 is 0 Å². The molecule has 1 N–H and O–H groups in total. The number of nitrogens with zero attached hydrogens (tertiary/aromatic N) is 3. The molecule has 2 aromatic rings. The molecule has 4 heteroatoms. The number of aryl methyl sites for hydroxylation is 1. The Bertz CT molecular complexity index is 544. The Kier molecular flexibility index (Phi) is 3.11. The van der Waals surface area contributed by atoms with Crippen molar-refractivity contribution in [3.63, 3.8) is 0 Å². The van der Waals surface area contributed by atoms with Crippen molar-refractivity contribution in [3.05, 3.63) is 35.7 Å². The molecule has 0 saturated heterocycles. The second kappa shape index (κ2) is 4.90. The maximum atomic E-state index is 4.44. The van der Waals surface area contributed by atoms with Gasteiger partial charge < -0.3 is 5.32 Å². The molecule has 0 radical (unpaired) electrons. The van der Waals surface area contributed by atoms with E-state index < -0.39 is 0 Å². The lowest BCUT2D eigenvalue weighted by Crippen LogP contribution is -2.24. The highest BCUT2D eigenvalue weighted by Gasteiger charge is 2.16. The Morgan fingerprint density at radius 3 is 3.22 bits per heavy atom. The maximum Gasteiger partial charge on any atom is 0.158 e. The summed E-state index contributed by atoms with van der Waals surface area (Å²) in [5, 5.41) is 7.75. The summed E-state index contributed by atoms with van der Waals surface area (Å²) in [6, 6.07) is 6.51. The smallest absolute Gasteiger partial charge is 0.158 e. The fourth-order valence-corrected chi connectivity index (χ4v) is 2.57. The molecule has 0 fully saturated rings. The highest BCUT2D eigenvalue weighted by atomic mass is 15.3. The van der Waals surface area contributed by atoms with E-state index >= 15 is 0 Å². The zero-order valence-electron chi connectivity index (χ0n) is 10.7. The molecule has 94 valence electrons. The van der Waals surface area contributed by atoms with Crippen LogP contribution in [-0.2, 0) is 19.5 Å². The molecular formula is C14H18N4. The molecule has 4 nitrogen and oxygen atoms in total. The van der Waals surface area contributed by atoms with Gasteiger partial charge in [0.1, 0.15) is 6.33 Å². The van der Waals surface area contributed by atoms with E-state index in [2.05, 4.69) is 40.5 Å². The summed E-state index contributed by atoms with van der Waals surface area (Å²) in [4.78, 5) is 4.44. The predicted molar refractivity (Wildman–Crippen MR) is 71.2 cm³/mol. The highest BCUT2D eigenvalue weighted by Crippen LogP contribution is 2.26. The van der Waals surface area contributed by atoms with Gasteiger partial charge in [-0.2, -0.15) is 5.10 Å². The summed E-state index contributed by atoms with van der Waals surface area (Å²) < 4.78 is 2.00. The van der Waals surface area contributed by atoms with Gasteiger partial charge in [0.25, 0.3) is 0 Å². The van der Waals surface area contributed by atoms with Gasteiger partial charge in [0.15, 0.2) is 5.82 Å². The van der Waals surface area contributed by atoms with Crippen LogP contribution >= 0.6 is 0 Å². The normalized spacial score (nSPS) is 14.5. The standard InChI is InChI=1S/C14H18N4/c1-2-8-18-14(16-10-17-18)12-5-3-4-11-6-7-15-9-13(11)12/h3-5,10,15H,2,6-9H2,1H3. The Hall–Kier alpha value is -1.68. The van der Waals surface area contributed by atoms with Crippen molar-refractivity contribution in [2.75, 3.05) is 6.54 Å². The number of fused-ring (bicyclic) bond motifs is 1. The Morgan fingerprint density at radius 1 is 1.39 bits per heavy atom. The number of hydrogen-bond acceptors (Lipinski definition) is 3. The third-order valence-electron chi connectivity index (χ3n) is 3.44. The molecule has 1 aromatic heterocycles. The van der Waals surface area contributed by atoms with Gasteiger partial charge in [0.2, 0.25) is 0 Å². The Morgan fingerprint density at radius 2 is 2.33 bits per heavy atom. The van der Waals surface area contributed by atoms with Crippen molar-refractivity contribution < 1.29 is 0 Å². The van der Waals surface area contributed by atoms with Crippen molar-refractivity contribution in [1.29, 1.82) is 0 Å². The lowest BCUT2D eigenvalue weighted by molar-refractivity contribution is 0.604. The SMILES string of the molecule is CCCn1ncnc1-c1cccc2c1CNCC2. The van der Waals surface area contributed by atoms with Crippen LogP contribution in [-0.4, -0.2) is 21.3 Å². The molecule has 1 aliphatic rings. The first-order chi connectivity index (χ1) is 8.90. The molecule has 0 amide bonds. The zero-order chi connectivity index (χ0) is 12.4. The first-order valence-electron chi connectivity index (χ1n) is 6.60. The number of hydrogen-bond donors (Lipinski definition) is 1. The molecule has 0 aliphatic carbocycles. The van der Waals surface area contributed by atoms with Gasteiger partial charge in [-0.05, 0) is 30.5 Å². The van der Waals surface area contributed by atoms with Crippen LogP contribution in [0.2, 0.25) is 0 Å². The third-order valence-corrected chi connectivity index (χ3v) is 3.44. The first-order valence-corrected chi connectivity index (χ1v) is 6.60. The van der Waals surface area contributed by atoms with E-state index in [1.54, 1.807) is 6.33 Å². The number of benzene rings is 1. The highest BCUT2D eigenvalue weighted by molar-refractivity contribution is 5.63. The van der Waals surface area contributed by atoms with Gasteiger partial charge in [0.05, 0.1) is 0 Å². The summed E-state index contributed by atoms with van der Waals surface area (Å²) in [5.74, 6) is 0.998. The molecule has 0 saturated carbocycles. The van der Waals surface area contributed by atoms with Crippen LogP contribution in [0.4, 0.5) is 0 Å². The summed E-state index contributed by atoms with van der Waals surface area (Å²) in [6.45, 7) is 5.09. The van der Waals surface area contributed by atoms with Gasteiger partial charge in [-0.1, -0.05) is 25.1 Å². The molecule has 18 heavy (non-hydrogen) atoms. The molecule has 0 bridgehead atoms. The second-order valence-corrected chi connectivity index (χ2v) is 4.68. The van der Waals surface area contributed by atoms with Crippen molar-refractivity contribution in [1.82, 2.24) is 20.1 Å². The molecule has 0 spiro atoms. The number of nitrogens with one attached hydrogen (secondary N) is 1. The summed E-state index contributed by atoms with van der Waals surface area (Å²) in [7, 11) is 0. The van der Waals surface area contributed by atoms with Gasteiger partial charge in [-0.25, -0.2) is 9.67 Å². The van der Waals surface area contributed by atoms with Crippen molar-refractivity contribution in [3.8, 4) is 11.4 Å². The Labute approximate surface area is 107 Å². The number of aromatic nitrogens is 3. The molecule has 2 heterocycles. The average molecular weight is 242 g/mol. The average Bonchev–Trinajstić information content (AvgIpc) is 2.87. The Balaban J connectivity index is 2.08. The maximum absolute atomic E-state index is 4.44. The first kappa shape index (κ1) is 11.4. The largest absolute Gasteiger partial charge is 0.312 e. The van der Waals surface area contributed by atoms with E-state index in [1.807, 2.05) is 4.68 Å². The monoisotopic (exact) mass is 242 g/mol. The summed E-state index contributed by atoms with van der Waals surface area (Å²) >= 11 is 0. The van der Waals surface area contributed by atoms with Crippen LogP contribution in [0.15, 0.2) is 24.5 Å². The third kappa shape index (κ3) is 1.93. The minimum atomic E-state index is 0.923. The number of rotatable bonds is 3. The fraction of sp³-hybridized carbons (Fsp3) is 0.429. The fourth-order valence-electron chi connectivity index (χ4n) is 2.57. The minimum Gasteiger partial charge on any atom is -0.312 e. The van der Waals surface area contributed by atoms with E-state index in [-0.39, 0.29) is 0 Å². The van der Waals surface area contributed by atoms with Gasteiger partial charge >= 0.3 is 0 Å². The van der Waals surface area contributed by atoms with E-state index in [9.17, 15) is 0 Å². The van der Waals surface area contributed by atoms with Crippen LogP contribution < -0.4 is 5.32 Å². The molecular weight excluding hydrogens is 224 g/mol. The summed E-state index contributed by atoms with van der Waals surface area (Å²) in [5.41, 5.74) is 4.05. The van der Waals surface area contributed by atoms with Gasteiger partial charge in [-0.3, -0.25) is 0 Å². The van der Waals surface area contributed by atoms with Gasteiger partial charge in [0, 0.05) is 18.7 Å². The van der Waals surface area contributed by atoms with Gasteiger partial charge in [-0.15, -0.1) is 0 Å².